The van der Waals surface area contributed by atoms with Crippen molar-refractivity contribution in [3.05, 3.63) is 21.3 Å². The number of methoxy groups -OCH3 is 1. The van der Waals surface area contributed by atoms with Gasteiger partial charge >= 0.3 is 0 Å². The molecule has 0 unspecified atom stereocenters. The fourth-order valence-electron chi connectivity index (χ4n) is 3.58. The zero-order valence-electron chi connectivity index (χ0n) is 13.2. The highest BCUT2D eigenvalue weighted by Gasteiger charge is 2.49. The van der Waals surface area contributed by atoms with Gasteiger partial charge in [-0.25, -0.2) is 0 Å². The molecule has 0 bridgehead atoms. The van der Waals surface area contributed by atoms with Gasteiger partial charge in [0.1, 0.15) is 0 Å². The highest BCUT2D eigenvalue weighted by Crippen LogP contribution is 2.40. The Labute approximate surface area is 145 Å². The summed E-state index contributed by atoms with van der Waals surface area (Å²) >= 11 is 7.21. The molecule has 2 saturated heterocycles. The lowest BCUT2D eigenvalue weighted by molar-refractivity contribution is -0.146. The summed E-state index contributed by atoms with van der Waals surface area (Å²) in [6.45, 7) is 3.13. The van der Waals surface area contributed by atoms with Crippen molar-refractivity contribution in [2.45, 2.75) is 19.3 Å². The number of carbonyl (C=O) groups excluding carboxylic acids is 2. The van der Waals surface area contributed by atoms with E-state index in [1.165, 1.54) is 11.3 Å². The summed E-state index contributed by atoms with van der Waals surface area (Å²) in [6, 6.07) is 3.50. The zero-order valence-corrected chi connectivity index (χ0v) is 14.8. The monoisotopic (exact) mass is 356 g/mol. The van der Waals surface area contributed by atoms with E-state index in [-0.39, 0.29) is 11.8 Å². The minimum absolute atomic E-state index is 0.0133. The predicted molar refractivity (Wildman–Crippen MR) is 90.0 cm³/mol. The van der Waals surface area contributed by atoms with Gasteiger partial charge in [0.15, 0.2) is 0 Å². The van der Waals surface area contributed by atoms with Crippen LogP contribution in [0.25, 0.3) is 0 Å². The molecule has 0 aliphatic carbocycles. The van der Waals surface area contributed by atoms with Crippen molar-refractivity contribution in [1.82, 2.24) is 9.80 Å². The first-order valence-corrected chi connectivity index (χ1v) is 9.08. The van der Waals surface area contributed by atoms with Crippen LogP contribution in [-0.2, 0) is 9.53 Å². The second kappa shape index (κ2) is 6.79. The van der Waals surface area contributed by atoms with E-state index in [1.54, 1.807) is 24.1 Å². The lowest BCUT2D eigenvalue weighted by Crippen LogP contribution is -2.51. The number of nitrogens with zero attached hydrogens (tertiary/aromatic N) is 2. The molecule has 2 aliphatic rings. The highest BCUT2D eigenvalue weighted by atomic mass is 35.5. The van der Waals surface area contributed by atoms with Crippen LogP contribution in [0, 0.1) is 5.41 Å². The number of hydrogen-bond donors (Lipinski definition) is 0. The molecule has 5 nitrogen and oxygen atoms in total. The molecule has 0 saturated carbocycles. The first kappa shape index (κ1) is 16.7. The van der Waals surface area contributed by atoms with E-state index in [0.717, 1.165) is 25.8 Å². The van der Waals surface area contributed by atoms with Gasteiger partial charge in [0.25, 0.3) is 5.91 Å². The number of piperidine rings is 1. The van der Waals surface area contributed by atoms with Crippen molar-refractivity contribution in [3.63, 3.8) is 0 Å². The number of halogens is 1. The van der Waals surface area contributed by atoms with E-state index in [4.69, 9.17) is 16.3 Å². The van der Waals surface area contributed by atoms with Gasteiger partial charge in [-0.05, 0) is 31.4 Å². The third-order valence-corrected chi connectivity index (χ3v) is 6.03. The van der Waals surface area contributed by atoms with E-state index in [1.807, 2.05) is 4.90 Å². The average molecular weight is 357 g/mol. The molecule has 7 heteroatoms. The van der Waals surface area contributed by atoms with E-state index >= 15 is 0 Å². The highest BCUT2D eigenvalue weighted by molar-refractivity contribution is 7.17. The van der Waals surface area contributed by atoms with Crippen molar-refractivity contribution >= 4 is 34.8 Å². The van der Waals surface area contributed by atoms with Crippen molar-refractivity contribution in [3.8, 4) is 0 Å². The molecule has 23 heavy (non-hydrogen) atoms. The van der Waals surface area contributed by atoms with Crippen molar-refractivity contribution < 1.29 is 14.3 Å². The average Bonchev–Trinajstić information content (AvgIpc) is 3.16. The molecule has 1 aromatic rings. The Kier molecular flexibility index (Phi) is 4.94. The van der Waals surface area contributed by atoms with Crippen LogP contribution in [0.1, 0.15) is 28.9 Å². The molecule has 2 aliphatic heterocycles. The Morgan fingerprint density at radius 1 is 1.39 bits per heavy atom. The molecule has 2 amide bonds. The third kappa shape index (κ3) is 3.25. The topological polar surface area (TPSA) is 49.9 Å². The maximum atomic E-state index is 12.9. The number of carbonyl (C=O) groups is 2. The van der Waals surface area contributed by atoms with Gasteiger partial charge < -0.3 is 14.5 Å². The van der Waals surface area contributed by atoms with Gasteiger partial charge in [0.2, 0.25) is 5.91 Å². The van der Waals surface area contributed by atoms with Gasteiger partial charge in [0.05, 0.1) is 21.2 Å². The quantitative estimate of drug-likeness (QED) is 0.832. The molecule has 3 rings (SSSR count). The molecule has 0 N–H and O–H groups in total. The molecule has 1 atom stereocenters. The van der Waals surface area contributed by atoms with Crippen LogP contribution in [0.15, 0.2) is 12.1 Å². The van der Waals surface area contributed by atoms with Crippen LogP contribution in [0.5, 0.6) is 0 Å². The zero-order chi connectivity index (χ0) is 16.4. The van der Waals surface area contributed by atoms with Gasteiger partial charge in [0, 0.05) is 33.3 Å². The normalized spacial score (nSPS) is 24.7. The van der Waals surface area contributed by atoms with E-state index in [0.29, 0.717) is 35.5 Å². The molecule has 3 heterocycles. The minimum Gasteiger partial charge on any atom is -0.383 e. The fourth-order valence-corrected chi connectivity index (χ4v) is 4.59. The van der Waals surface area contributed by atoms with Crippen LogP contribution in [0.2, 0.25) is 4.34 Å². The lowest BCUT2D eigenvalue weighted by Gasteiger charge is -2.39. The van der Waals surface area contributed by atoms with Crippen LogP contribution >= 0.6 is 22.9 Å². The number of likely N-dealkylation sites (tertiary alicyclic amines) is 2. The van der Waals surface area contributed by atoms with Gasteiger partial charge in [-0.2, -0.15) is 0 Å². The molecule has 0 radical (unpaired) electrons. The number of hydrogen-bond acceptors (Lipinski definition) is 4. The lowest BCUT2D eigenvalue weighted by atomic mass is 9.78. The van der Waals surface area contributed by atoms with E-state index in [2.05, 4.69) is 0 Å². The number of rotatable bonds is 4. The summed E-state index contributed by atoms with van der Waals surface area (Å²) in [5.74, 6) is 0.168. The number of ether oxygens (including phenoxy) is 1. The Morgan fingerprint density at radius 2 is 2.22 bits per heavy atom. The third-order valence-electron chi connectivity index (χ3n) is 4.81. The van der Waals surface area contributed by atoms with Crippen LogP contribution in [0.3, 0.4) is 0 Å². The minimum atomic E-state index is -0.400. The van der Waals surface area contributed by atoms with E-state index in [9.17, 15) is 9.59 Å². The van der Waals surface area contributed by atoms with Gasteiger partial charge in [-0.1, -0.05) is 11.6 Å². The Morgan fingerprint density at radius 3 is 2.91 bits per heavy atom. The molecule has 126 valence electrons. The first-order chi connectivity index (χ1) is 11.1. The van der Waals surface area contributed by atoms with Crippen LogP contribution in [0.4, 0.5) is 0 Å². The Bertz CT molecular complexity index is 606. The first-order valence-electron chi connectivity index (χ1n) is 7.89. The second-order valence-electron chi connectivity index (χ2n) is 6.25. The second-order valence-corrected chi connectivity index (χ2v) is 7.96. The predicted octanol–water partition coefficient (Wildman–Crippen LogP) is 2.50. The fraction of sp³-hybridized carbons (Fsp3) is 0.625. The molecule has 0 aromatic carbocycles. The maximum absolute atomic E-state index is 12.9. The number of amides is 2. The molecular weight excluding hydrogens is 336 g/mol. The Balaban J connectivity index is 1.70. The van der Waals surface area contributed by atoms with Crippen LogP contribution in [-0.4, -0.2) is 61.5 Å². The maximum Gasteiger partial charge on any atom is 0.264 e. The molecule has 1 aromatic heterocycles. The summed E-state index contributed by atoms with van der Waals surface area (Å²) < 4.78 is 5.71. The smallest absolute Gasteiger partial charge is 0.264 e. The standard InChI is InChI=1S/C16H21ClN2O3S/c1-22-10-9-18-7-2-5-16(15(18)21)6-8-19(11-16)14(20)12-3-4-13(17)23-12/h3-4H,2,5-11H2,1H3/t16-/m1/s1. The summed E-state index contributed by atoms with van der Waals surface area (Å²) in [6.07, 6.45) is 2.60. The van der Waals surface area contributed by atoms with Crippen molar-refractivity contribution in [2.75, 3.05) is 39.9 Å². The SMILES string of the molecule is COCCN1CCC[C@]2(CCN(C(=O)c3ccc(Cl)s3)C2)C1=O. The van der Waals surface area contributed by atoms with Gasteiger partial charge in [-0.15, -0.1) is 11.3 Å². The Hall–Kier alpha value is -1.11. The van der Waals surface area contributed by atoms with Crippen molar-refractivity contribution in [2.24, 2.45) is 5.41 Å². The summed E-state index contributed by atoms with van der Waals surface area (Å²) in [4.78, 5) is 29.8. The van der Waals surface area contributed by atoms with Crippen LogP contribution < -0.4 is 0 Å². The largest absolute Gasteiger partial charge is 0.383 e. The van der Waals surface area contributed by atoms with Gasteiger partial charge in [-0.3, -0.25) is 9.59 Å². The molecule has 2 fully saturated rings. The summed E-state index contributed by atoms with van der Waals surface area (Å²) in [7, 11) is 1.65. The molecule has 1 spiro atoms. The van der Waals surface area contributed by atoms with Crippen molar-refractivity contribution in [1.29, 1.82) is 0 Å². The van der Waals surface area contributed by atoms with E-state index < -0.39 is 5.41 Å². The summed E-state index contributed by atoms with van der Waals surface area (Å²) in [5.41, 5.74) is -0.400. The summed E-state index contributed by atoms with van der Waals surface area (Å²) in [5, 5.41) is 0. The number of thiophene rings is 1. The molecular formula is C16H21ClN2O3S.